The summed E-state index contributed by atoms with van der Waals surface area (Å²) >= 11 is -5.16. The van der Waals surface area contributed by atoms with Gasteiger partial charge in [0.2, 0.25) is 0 Å². The predicted octanol–water partition coefficient (Wildman–Crippen LogP) is -4.73. The van der Waals surface area contributed by atoms with Gasteiger partial charge < -0.3 is 4.70 Å². The van der Waals surface area contributed by atoms with Gasteiger partial charge in [-0.3, -0.25) is 0 Å². The second-order valence-corrected chi connectivity index (χ2v) is 1.59. The van der Waals surface area contributed by atoms with Crippen molar-refractivity contribution in [1.29, 1.82) is 0 Å². The summed E-state index contributed by atoms with van der Waals surface area (Å²) in [5, 5.41) is 0. The van der Waals surface area contributed by atoms with Crippen LogP contribution in [0, 0.1) is 37.1 Å². The SMILES string of the molecule is [F-].[F][Nd]([F])[F].[Li+]. The van der Waals surface area contributed by atoms with Crippen LogP contribution in [0.3, 0.4) is 0 Å². The van der Waals surface area contributed by atoms with Gasteiger partial charge in [0.05, 0.1) is 0 Å². The molecule has 0 nitrogen and oxygen atoms in total. The summed E-state index contributed by atoms with van der Waals surface area (Å²) in [7, 11) is 0. The predicted molar refractivity (Wildman–Crippen MR) is 3.32 cm³/mol. The normalized spacial score (nSPS) is 4.50. The molecular weight excluding hydrogens is 227 g/mol. The Morgan fingerprint density at radius 3 is 1.00 bits per heavy atom. The van der Waals surface area contributed by atoms with E-state index in [1.54, 1.807) is 0 Å². The standard InChI is InChI=1S/4FH.Li.Nd/h4*1H;;/q;;;;+1;+3/p-4. The zero-order valence-electron chi connectivity index (χ0n) is 3.01. The monoisotopic (exact) mass is 225 g/mol. The van der Waals surface area contributed by atoms with E-state index in [0.717, 1.165) is 0 Å². The first-order chi connectivity index (χ1) is 1.73. The summed E-state index contributed by atoms with van der Waals surface area (Å²) in [5.41, 5.74) is 0. The number of hydrogen-bond donors (Lipinski definition) is 0. The van der Waals surface area contributed by atoms with Crippen LogP contribution in [0.4, 0.5) is 3.04 Å². The van der Waals surface area contributed by atoms with Crippen LogP contribution in [0.2, 0.25) is 0 Å². The van der Waals surface area contributed by atoms with E-state index in [-0.39, 0.29) is 23.6 Å². The van der Waals surface area contributed by atoms with Crippen LogP contribution in [0.1, 0.15) is 0 Å². The van der Waals surface area contributed by atoms with Gasteiger partial charge in [0, 0.05) is 0 Å². The maximum Gasteiger partial charge on any atom is 1.00 e. The van der Waals surface area contributed by atoms with Crippen molar-refractivity contribution in [2.24, 2.45) is 0 Å². The Balaban J connectivity index is -0.0000000450. The summed E-state index contributed by atoms with van der Waals surface area (Å²) < 4.78 is 29.6. The molecule has 6 heteroatoms. The Morgan fingerprint density at radius 1 is 1.00 bits per heavy atom. The third kappa shape index (κ3) is 44.4. The molecule has 0 rings (SSSR count). The van der Waals surface area contributed by atoms with E-state index in [4.69, 9.17) is 0 Å². The average molecular weight is 227 g/mol. The first-order valence-electron chi connectivity index (χ1n) is 0.567. The summed E-state index contributed by atoms with van der Waals surface area (Å²) in [4.78, 5) is 0. The first-order valence-corrected chi connectivity index (χ1v) is 4.20. The van der Waals surface area contributed by atoms with Gasteiger partial charge in [0.15, 0.2) is 0 Å². The second kappa shape index (κ2) is 9.83. The van der Waals surface area contributed by atoms with Crippen LogP contribution in [-0.2, 0) is 0 Å². The Hall–Kier alpha value is 1.67. The molecule has 0 radical (unpaired) electrons. The van der Waals surface area contributed by atoms with Crippen molar-refractivity contribution in [3.8, 4) is 0 Å². The fourth-order valence-corrected chi connectivity index (χ4v) is 0. The molecule has 0 spiro atoms. The summed E-state index contributed by atoms with van der Waals surface area (Å²) in [5.74, 6) is 0. The fraction of sp³-hybridized carbons (Fsp3) is 0. The van der Waals surface area contributed by atoms with Gasteiger partial charge in [-0.15, -0.1) is 0 Å². The maximum absolute atomic E-state index is 9.88. The van der Waals surface area contributed by atoms with Gasteiger partial charge in [-0.1, -0.05) is 0 Å². The Bertz CT molecular complexity index is 12.3. The van der Waals surface area contributed by atoms with Crippen LogP contribution in [0.15, 0.2) is 0 Å². The molecule has 0 aromatic heterocycles. The third-order valence-electron chi connectivity index (χ3n) is 0. The quantitative estimate of drug-likeness (QED) is 0.288. The van der Waals surface area contributed by atoms with Crippen LogP contribution in [0.25, 0.3) is 0 Å². The van der Waals surface area contributed by atoms with Gasteiger partial charge in [0.25, 0.3) is 0 Å². The summed E-state index contributed by atoms with van der Waals surface area (Å²) in [6.07, 6.45) is 0. The van der Waals surface area contributed by atoms with E-state index < -0.39 is 37.1 Å². The molecule has 33 valence electrons. The van der Waals surface area contributed by atoms with Crippen LogP contribution in [0.5, 0.6) is 0 Å². The Kier molecular flexibility index (Phi) is 25.6. The van der Waals surface area contributed by atoms with Crippen LogP contribution in [-0.4, -0.2) is 0 Å². The third-order valence-corrected chi connectivity index (χ3v) is 0. The van der Waals surface area contributed by atoms with Crippen LogP contribution < -0.4 is 23.6 Å². The minimum atomic E-state index is -5.16. The molecule has 0 amide bonds. The van der Waals surface area contributed by atoms with Gasteiger partial charge in [-0.05, 0) is 0 Å². The molecule has 0 saturated carbocycles. The van der Waals surface area contributed by atoms with Crippen molar-refractivity contribution in [2.45, 2.75) is 0 Å². The minimum Gasteiger partial charge on any atom is 1.00 e. The smallest absolute Gasteiger partial charge is 1.00 e. The Morgan fingerprint density at radius 2 is 1.00 bits per heavy atom. The molecule has 6 heavy (non-hydrogen) atoms. The van der Waals surface area contributed by atoms with Crippen molar-refractivity contribution < 1.29 is 63.7 Å². The van der Waals surface area contributed by atoms with E-state index in [0.29, 0.717) is 0 Å². The molecule has 0 aromatic carbocycles. The number of hydrogen-bond acceptors (Lipinski definition) is 0. The van der Waals surface area contributed by atoms with Gasteiger partial charge in [-0.2, -0.15) is 0 Å². The molecule has 0 bridgehead atoms. The van der Waals surface area contributed by atoms with Crippen molar-refractivity contribution in [3.05, 3.63) is 0 Å². The van der Waals surface area contributed by atoms with Gasteiger partial charge in [0.1, 0.15) is 0 Å². The number of rotatable bonds is 0. The zero-order chi connectivity index (χ0) is 3.58. The molecule has 0 aliphatic rings. The van der Waals surface area contributed by atoms with E-state index in [1.165, 1.54) is 0 Å². The molecule has 0 aliphatic heterocycles. The molecule has 0 N–H and O–H groups in total. The van der Waals surface area contributed by atoms with Crippen molar-refractivity contribution in [2.75, 3.05) is 0 Å². The molecule has 0 unspecified atom stereocenters. The molecular formula is F4LiNd. The molecule has 0 atom stereocenters. The fourth-order valence-electron chi connectivity index (χ4n) is 0. The second-order valence-electron chi connectivity index (χ2n) is 0.214. The van der Waals surface area contributed by atoms with Crippen LogP contribution >= 0.6 is 0 Å². The first kappa shape index (κ1) is 15.6. The summed E-state index contributed by atoms with van der Waals surface area (Å²) in [6.45, 7) is 0. The largest absolute Gasteiger partial charge is 1.00 e. The minimum absolute atomic E-state index is 0. The van der Waals surface area contributed by atoms with Crippen molar-refractivity contribution in [3.63, 3.8) is 0 Å². The summed E-state index contributed by atoms with van der Waals surface area (Å²) in [6, 6.07) is 0. The van der Waals surface area contributed by atoms with Gasteiger partial charge >= 0.3 is 59.0 Å². The molecule has 0 aromatic rings. The average Bonchev–Trinajstić information content (AvgIpc) is 0.811. The van der Waals surface area contributed by atoms with E-state index in [1.807, 2.05) is 0 Å². The maximum atomic E-state index is 9.88. The zero-order valence-corrected chi connectivity index (χ0v) is 6.22. The number of halogens is 4. The molecule has 0 fully saturated rings. The van der Waals surface area contributed by atoms with Crippen molar-refractivity contribution in [1.82, 2.24) is 0 Å². The topological polar surface area (TPSA) is 0 Å². The Labute approximate surface area is 62.8 Å². The van der Waals surface area contributed by atoms with Crippen molar-refractivity contribution >= 4 is 0 Å². The molecule has 0 heterocycles. The molecule has 0 aliphatic carbocycles. The van der Waals surface area contributed by atoms with E-state index in [2.05, 4.69) is 0 Å². The van der Waals surface area contributed by atoms with E-state index in [9.17, 15) is 3.04 Å². The van der Waals surface area contributed by atoms with Gasteiger partial charge in [-0.25, -0.2) is 0 Å². The van der Waals surface area contributed by atoms with E-state index >= 15 is 0 Å². The molecule has 0 saturated heterocycles.